The molecule has 2 heterocycles. The maximum atomic E-state index is 12.3. The lowest BCUT2D eigenvalue weighted by Gasteiger charge is -2.32. The highest BCUT2D eigenvalue weighted by atomic mass is 32.1. The summed E-state index contributed by atoms with van der Waals surface area (Å²) in [6, 6.07) is 1.82. The highest BCUT2D eigenvalue weighted by molar-refractivity contribution is 7.14. The van der Waals surface area contributed by atoms with E-state index in [4.69, 9.17) is 5.73 Å². The maximum absolute atomic E-state index is 12.3. The van der Waals surface area contributed by atoms with Gasteiger partial charge in [0.15, 0.2) is 0 Å². The van der Waals surface area contributed by atoms with E-state index in [2.05, 4.69) is 6.92 Å². The zero-order valence-electron chi connectivity index (χ0n) is 10.5. The minimum absolute atomic E-state index is 0.160. The summed E-state index contributed by atoms with van der Waals surface area (Å²) in [6.45, 7) is 5.96. The first-order valence-electron chi connectivity index (χ1n) is 6.27. The van der Waals surface area contributed by atoms with Crippen LogP contribution in [0.15, 0.2) is 6.07 Å². The topological polar surface area (TPSA) is 46.3 Å². The van der Waals surface area contributed by atoms with Crippen LogP contribution in [-0.4, -0.2) is 23.9 Å². The fraction of sp³-hybridized carbons (Fsp3) is 0.615. The van der Waals surface area contributed by atoms with E-state index >= 15 is 0 Å². The second kappa shape index (κ2) is 5.08. The van der Waals surface area contributed by atoms with Crippen LogP contribution in [0.5, 0.6) is 0 Å². The molecule has 1 atom stereocenters. The molecule has 1 aliphatic heterocycles. The molecule has 17 heavy (non-hydrogen) atoms. The summed E-state index contributed by atoms with van der Waals surface area (Å²) in [5.41, 5.74) is 6.54. The number of nitrogens with zero attached hydrogens (tertiary/aromatic N) is 1. The Morgan fingerprint density at radius 3 is 3.00 bits per heavy atom. The lowest BCUT2D eigenvalue weighted by molar-refractivity contribution is 0.0676. The number of carbonyl (C=O) groups is 1. The van der Waals surface area contributed by atoms with Crippen LogP contribution in [0.2, 0.25) is 0 Å². The quantitative estimate of drug-likeness (QED) is 0.879. The maximum Gasteiger partial charge on any atom is 0.264 e. The molecule has 1 aliphatic rings. The van der Waals surface area contributed by atoms with Gasteiger partial charge in [-0.25, -0.2) is 0 Å². The Bertz CT molecular complexity index is 394. The number of thiophene rings is 1. The largest absolute Gasteiger partial charge is 0.398 e. The monoisotopic (exact) mass is 252 g/mol. The van der Waals surface area contributed by atoms with Gasteiger partial charge in [-0.05, 0) is 31.7 Å². The smallest absolute Gasteiger partial charge is 0.264 e. The van der Waals surface area contributed by atoms with Gasteiger partial charge in [-0.2, -0.15) is 0 Å². The predicted octanol–water partition coefficient (Wildman–Crippen LogP) is 2.90. The third-order valence-electron chi connectivity index (χ3n) is 3.55. The van der Waals surface area contributed by atoms with Crippen LogP contribution >= 0.6 is 11.3 Å². The lowest BCUT2D eigenvalue weighted by atomic mass is 9.95. The van der Waals surface area contributed by atoms with Crippen LogP contribution in [0.1, 0.15) is 40.7 Å². The van der Waals surface area contributed by atoms with Crippen molar-refractivity contribution >= 4 is 22.9 Å². The van der Waals surface area contributed by atoms with Crippen LogP contribution in [0, 0.1) is 12.8 Å². The van der Waals surface area contributed by atoms with Gasteiger partial charge in [0.05, 0.1) is 4.88 Å². The van der Waals surface area contributed by atoms with Crippen LogP contribution in [0.25, 0.3) is 0 Å². The molecule has 1 saturated heterocycles. The summed E-state index contributed by atoms with van der Waals surface area (Å²) >= 11 is 1.51. The zero-order valence-corrected chi connectivity index (χ0v) is 11.3. The molecule has 1 aromatic heterocycles. The Morgan fingerprint density at radius 2 is 2.41 bits per heavy atom. The molecular formula is C13H20N2OS. The number of amides is 1. The Hall–Kier alpha value is -1.03. The van der Waals surface area contributed by atoms with Gasteiger partial charge in [0.1, 0.15) is 0 Å². The van der Waals surface area contributed by atoms with E-state index in [9.17, 15) is 4.79 Å². The predicted molar refractivity (Wildman–Crippen MR) is 72.4 cm³/mol. The molecule has 2 N–H and O–H groups in total. The fourth-order valence-electron chi connectivity index (χ4n) is 2.34. The average molecular weight is 252 g/mol. The number of hydrogen-bond donors (Lipinski definition) is 1. The molecule has 1 unspecified atom stereocenters. The van der Waals surface area contributed by atoms with Crippen molar-refractivity contribution in [1.29, 1.82) is 0 Å². The third kappa shape index (κ3) is 2.63. The van der Waals surface area contributed by atoms with E-state index in [0.717, 1.165) is 41.4 Å². The van der Waals surface area contributed by atoms with Crippen molar-refractivity contribution in [3.05, 3.63) is 15.8 Å². The summed E-state index contributed by atoms with van der Waals surface area (Å²) in [7, 11) is 0. The number of hydrogen-bond acceptors (Lipinski definition) is 3. The number of anilines is 1. The Morgan fingerprint density at radius 1 is 1.65 bits per heavy atom. The molecule has 0 aliphatic carbocycles. The van der Waals surface area contributed by atoms with E-state index in [1.165, 1.54) is 17.8 Å². The van der Waals surface area contributed by atoms with Gasteiger partial charge in [0, 0.05) is 23.7 Å². The summed E-state index contributed by atoms with van der Waals surface area (Å²) < 4.78 is 0. The number of likely N-dealkylation sites (tertiary alicyclic amines) is 1. The molecule has 1 aromatic rings. The minimum Gasteiger partial charge on any atom is -0.398 e. The normalized spacial score (nSPS) is 20.6. The van der Waals surface area contributed by atoms with Crippen LogP contribution in [0.3, 0.4) is 0 Å². The third-order valence-corrected chi connectivity index (χ3v) is 4.60. The number of nitrogen functional groups attached to an aromatic ring is 1. The molecule has 94 valence electrons. The van der Waals surface area contributed by atoms with Gasteiger partial charge in [-0.15, -0.1) is 11.3 Å². The molecule has 0 spiro atoms. The number of piperidine rings is 1. The first kappa shape index (κ1) is 12.4. The molecule has 2 rings (SSSR count). The van der Waals surface area contributed by atoms with Gasteiger partial charge in [-0.1, -0.05) is 13.3 Å². The van der Waals surface area contributed by atoms with E-state index in [1.54, 1.807) is 0 Å². The first-order valence-corrected chi connectivity index (χ1v) is 7.08. The van der Waals surface area contributed by atoms with E-state index < -0.39 is 0 Å². The molecule has 3 nitrogen and oxygen atoms in total. The van der Waals surface area contributed by atoms with Crippen molar-refractivity contribution < 1.29 is 4.79 Å². The van der Waals surface area contributed by atoms with Gasteiger partial charge < -0.3 is 10.6 Å². The standard InChI is InChI=1S/C13H20N2OS/c1-3-10-5-4-6-15(8-10)13(16)12-7-11(14)9(2)17-12/h7,10H,3-6,8,14H2,1-2H3. The van der Waals surface area contributed by atoms with Crippen molar-refractivity contribution in [3.8, 4) is 0 Å². The van der Waals surface area contributed by atoms with E-state index in [-0.39, 0.29) is 5.91 Å². The molecule has 0 bridgehead atoms. The minimum atomic E-state index is 0.160. The van der Waals surface area contributed by atoms with E-state index in [1.807, 2.05) is 17.9 Å². The lowest BCUT2D eigenvalue weighted by Crippen LogP contribution is -2.39. The van der Waals surface area contributed by atoms with Gasteiger partial charge in [0.25, 0.3) is 5.91 Å². The van der Waals surface area contributed by atoms with Crippen molar-refractivity contribution in [2.45, 2.75) is 33.1 Å². The second-order valence-electron chi connectivity index (χ2n) is 4.79. The number of carbonyl (C=O) groups excluding carboxylic acids is 1. The van der Waals surface area contributed by atoms with Gasteiger partial charge in [-0.3, -0.25) is 4.79 Å². The molecule has 1 fully saturated rings. The highest BCUT2D eigenvalue weighted by Gasteiger charge is 2.24. The van der Waals surface area contributed by atoms with Crippen molar-refractivity contribution in [2.24, 2.45) is 5.92 Å². The van der Waals surface area contributed by atoms with Crippen LogP contribution < -0.4 is 5.73 Å². The Labute approximate surface area is 107 Å². The summed E-state index contributed by atoms with van der Waals surface area (Å²) in [6.07, 6.45) is 3.55. The zero-order chi connectivity index (χ0) is 12.4. The highest BCUT2D eigenvalue weighted by Crippen LogP contribution is 2.27. The van der Waals surface area contributed by atoms with Crippen molar-refractivity contribution in [1.82, 2.24) is 4.90 Å². The Kier molecular flexibility index (Phi) is 3.72. The van der Waals surface area contributed by atoms with E-state index in [0.29, 0.717) is 5.92 Å². The van der Waals surface area contributed by atoms with Crippen molar-refractivity contribution in [2.75, 3.05) is 18.8 Å². The van der Waals surface area contributed by atoms with Crippen molar-refractivity contribution in [3.63, 3.8) is 0 Å². The van der Waals surface area contributed by atoms with Gasteiger partial charge >= 0.3 is 0 Å². The van der Waals surface area contributed by atoms with Gasteiger partial charge in [0.2, 0.25) is 0 Å². The molecule has 0 radical (unpaired) electrons. The van der Waals surface area contributed by atoms with Crippen LogP contribution in [-0.2, 0) is 0 Å². The first-order chi connectivity index (χ1) is 8.11. The number of rotatable bonds is 2. The SMILES string of the molecule is CCC1CCCN(C(=O)c2cc(N)c(C)s2)C1. The molecule has 1 amide bonds. The van der Waals surface area contributed by atoms with Crippen LogP contribution in [0.4, 0.5) is 5.69 Å². The number of nitrogens with two attached hydrogens (primary N) is 1. The molecule has 0 saturated carbocycles. The Balaban J connectivity index is 2.09. The second-order valence-corrected chi connectivity index (χ2v) is 6.05. The number of aryl methyl sites for hydroxylation is 1. The molecule has 0 aromatic carbocycles. The molecule has 4 heteroatoms. The summed E-state index contributed by atoms with van der Waals surface area (Å²) in [5.74, 6) is 0.832. The summed E-state index contributed by atoms with van der Waals surface area (Å²) in [4.78, 5) is 16.1. The summed E-state index contributed by atoms with van der Waals surface area (Å²) in [5, 5.41) is 0. The fourth-order valence-corrected chi connectivity index (χ4v) is 3.25. The average Bonchev–Trinajstić information content (AvgIpc) is 2.69. The molecular weight excluding hydrogens is 232 g/mol.